The number of nitrogens with two attached hydrogens (primary N) is 1. The van der Waals surface area contributed by atoms with E-state index in [-0.39, 0.29) is 17.4 Å². The molecule has 6 heteroatoms. The van der Waals surface area contributed by atoms with Crippen LogP contribution in [0, 0.1) is 0 Å². The van der Waals surface area contributed by atoms with Crippen molar-refractivity contribution in [3.63, 3.8) is 0 Å². The van der Waals surface area contributed by atoms with E-state index in [1.54, 1.807) is 24.3 Å². The standard InChI is InChI=1S/C12H14N2O3S/c1-14(7-10(15)17-2)12(16)9-5-3-4-8(6-9)11(13)18/h3-6H,7H2,1-2H3,(H2,13,18). The average Bonchev–Trinajstić information content (AvgIpc) is 2.37. The molecule has 96 valence electrons. The van der Waals surface area contributed by atoms with Gasteiger partial charge in [0.2, 0.25) is 0 Å². The summed E-state index contributed by atoms with van der Waals surface area (Å²) in [6, 6.07) is 6.64. The van der Waals surface area contributed by atoms with Gasteiger partial charge in [-0.2, -0.15) is 0 Å². The van der Waals surface area contributed by atoms with E-state index < -0.39 is 5.97 Å². The van der Waals surface area contributed by atoms with Gasteiger partial charge in [0.05, 0.1) is 7.11 Å². The minimum Gasteiger partial charge on any atom is -0.468 e. The van der Waals surface area contributed by atoms with Crippen molar-refractivity contribution in [2.24, 2.45) is 5.73 Å². The molecule has 0 radical (unpaired) electrons. The fraction of sp³-hybridized carbons (Fsp3) is 0.250. The Bertz CT molecular complexity index is 488. The van der Waals surface area contributed by atoms with Crippen molar-refractivity contribution in [1.82, 2.24) is 4.90 Å². The van der Waals surface area contributed by atoms with Crippen LogP contribution in [0.15, 0.2) is 24.3 Å². The summed E-state index contributed by atoms with van der Waals surface area (Å²) in [6.07, 6.45) is 0. The fourth-order valence-electron chi connectivity index (χ4n) is 1.36. The Hall–Kier alpha value is -1.95. The molecule has 1 aromatic carbocycles. The van der Waals surface area contributed by atoms with E-state index in [9.17, 15) is 9.59 Å². The molecular formula is C12H14N2O3S. The minimum atomic E-state index is -0.476. The number of benzene rings is 1. The summed E-state index contributed by atoms with van der Waals surface area (Å²) in [5, 5.41) is 0. The summed E-state index contributed by atoms with van der Waals surface area (Å²) in [5.41, 5.74) is 6.53. The first-order valence-corrected chi connectivity index (χ1v) is 5.58. The lowest BCUT2D eigenvalue weighted by atomic mass is 10.1. The Morgan fingerprint density at radius 1 is 1.39 bits per heavy atom. The van der Waals surface area contributed by atoms with Crippen LogP contribution in [0.25, 0.3) is 0 Å². The highest BCUT2D eigenvalue weighted by Crippen LogP contribution is 2.08. The quantitative estimate of drug-likeness (QED) is 0.637. The Labute approximate surface area is 111 Å². The van der Waals surface area contributed by atoms with E-state index in [2.05, 4.69) is 4.74 Å². The molecule has 0 bridgehead atoms. The van der Waals surface area contributed by atoms with Crippen LogP contribution in [0.4, 0.5) is 0 Å². The Balaban J connectivity index is 2.86. The van der Waals surface area contributed by atoms with Gasteiger partial charge in [0.15, 0.2) is 0 Å². The van der Waals surface area contributed by atoms with E-state index in [4.69, 9.17) is 18.0 Å². The van der Waals surface area contributed by atoms with Gasteiger partial charge in [-0.05, 0) is 12.1 Å². The molecule has 0 aliphatic carbocycles. The minimum absolute atomic E-state index is 0.105. The number of methoxy groups -OCH3 is 1. The Morgan fingerprint density at radius 2 is 2.00 bits per heavy atom. The Kier molecular flexibility index (Phi) is 4.79. The molecule has 0 saturated carbocycles. The first kappa shape index (κ1) is 14.1. The van der Waals surface area contributed by atoms with Gasteiger partial charge in [-0.25, -0.2) is 0 Å². The van der Waals surface area contributed by atoms with Crippen molar-refractivity contribution >= 4 is 29.1 Å². The van der Waals surface area contributed by atoms with Crippen LogP contribution < -0.4 is 5.73 Å². The zero-order chi connectivity index (χ0) is 13.7. The first-order chi connectivity index (χ1) is 8.45. The van der Waals surface area contributed by atoms with Crippen molar-refractivity contribution in [2.45, 2.75) is 0 Å². The largest absolute Gasteiger partial charge is 0.468 e. The van der Waals surface area contributed by atoms with Gasteiger partial charge in [0, 0.05) is 18.2 Å². The predicted molar refractivity (Wildman–Crippen MR) is 71.3 cm³/mol. The zero-order valence-corrected chi connectivity index (χ0v) is 11.0. The molecule has 0 fully saturated rings. The summed E-state index contributed by atoms with van der Waals surface area (Å²) >= 11 is 4.84. The maximum atomic E-state index is 12.0. The zero-order valence-electron chi connectivity index (χ0n) is 10.2. The van der Waals surface area contributed by atoms with Gasteiger partial charge in [0.1, 0.15) is 11.5 Å². The first-order valence-electron chi connectivity index (χ1n) is 5.18. The van der Waals surface area contributed by atoms with Crippen molar-refractivity contribution in [3.05, 3.63) is 35.4 Å². The van der Waals surface area contributed by atoms with Crippen molar-refractivity contribution in [1.29, 1.82) is 0 Å². The lowest BCUT2D eigenvalue weighted by Crippen LogP contribution is -2.32. The molecule has 18 heavy (non-hydrogen) atoms. The topological polar surface area (TPSA) is 72.6 Å². The van der Waals surface area contributed by atoms with Gasteiger partial charge < -0.3 is 15.4 Å². The van der Waals surface area contributed by atoms with Crippen LogP contribution in [0.3, 0.4) is 0 Å². The van der Waals surface area contributed by atoms with Crippen LogP contribution in [-0.4, -0.2) is 42.5 Å². The lowest BCUT2D eigenvalue weighted by molar-refractivity contribution is -0.141. The highest BCUT2D eigenvalue weighted by molar-refractivity contribution is 7.80. The summed E-state index contributed by atoms with van der Waals surface area (Å²) in [7, 11) is 2.79. The molecule has 0 aromatic heterocycles. The summed E-state index contributed by atoms with van der Waals surface area (Å²) in [6.45, 7) is -0.105. The van der Waals surface area contributed by atoms with Gasteiger partial charge >= 0.3 is 5.97 Å². The molecular weight excluding hydrogens is 252 g/mol. The molecule has 1 rings (SSSR count). The van der Waals surface area contributed by atoms with E-state index >= 15 is 0 Å². The monoisotopic (exact) mass is 266 g/mol. The van der Waals surface area contributed by atoms with Gasteiger partial charge in [-0.1, -0.05) is 24.4 Å². The van der Waals surface area contributed by atoms with E-state index in [1.807, 2.05) is 0 Å². The molecule has 5 nitrogen and oxygen atoms in total. The normalized spacial score (nSPS) is 9.67. The van der Waals surface area contributed by atoms with Gasteiger partial charge in [-0.15, -0.1) is 0 Å². The van der Waals surface area contributed by atoms with Gasteiger partial charge in [-0.3, -0.25) is 9.59 Å². The molecule has 0 aliphatic rings. The third kappa shape index (κ3) is 3.53. The molecule has 0 spiro atoms. The summed E-state index contributed by atoms with van der Waals surface area (Å²) in [4.78, 5) is 24.6. The number of thiocarbonyl (C=S) groups is 1. The smallest absolute Gasteiger partial charge is 0.325 e. The average molecular weight is 266 g/mol. The number of hydrogen-bond donors (Lipinski definition) is 1. The molecule has 0 atom stereocenters. The third-order valence-electron chi connectivity index (χ3n) is 2.33. The number of amides is 1. The van der Waals surface area contributed by atoms with E-state index in [0.717, 1.165) is 0 Å². The van der Waals surface area contributed by atoms with Crippen LogP contribution in [-0.2, 0) is 9.53 Å². The maximum absolute atomic E-state index is 12.0. The van der Waals surface area contributed by atoms with Gasteiger partial charge in [0.25, 0.3) is 5.91 Å². The number of rotatable bonds is 4. The lowest BCUT2D eigenvalue weighted by Gasteiger charge is -2.15. The third-order valence-corrected chi connectivity index (χ3v) is 2.57. The molecule has 0 unspecified atom stereocenters. The van der Waals surface area contributed by atoms with Crippen molar-refractivity contribution in [3.8, 4) is 0 Å². The second kappa shape index (κ2) is 6.11. The molecule has 1 aromatic rings. The number of hydrogen-bond acceptors (Lipinski definition) is 4. The number of likely N-dealkylation sites (N-methyl/N-ethyl adjacent to an activating group) is 1. The Morgan fingerprint density at radius 3 is 2.56 bits per heavy atom. The van der Waals surface area contributed by atoms with E-state index in [1.165, 1.54) is 19.1 Å². The summed E-state index contributed by atoms with van der Waals surface area (Å²) < 4.78 is 4.50. The summed E-state index contributed by atoms with van der Waals surface area (Å²) in [5.74, 6) is -0.769. The van der Waals surface area contributed by atoms with Crippen molar-refractivity contribution in [2.75, 3.05) is 20.7 Å². The SMILES string of the molecule is COC(=O)CN(C)C(=O)c1cccc(C(N)=S)c1. The van der Waals surface area contributed by atoms with Crippen molar-refractivity contribution < 1.29 is 14.3 Å². The molecule has 1 amide bonds. The number of carbonyl (C=O) groups is 2. The molecule has 0 aliphatic heterocycles. The van der Waals surface area contributed by atoms with Crippen LogP contribution >= 0.6 is 12.2 Å². The van der Waals surface area contributed by atoms with Crippen LogP contribution in [0.2, 0.25) is 0 Å². The molecule has 0 saturated heterocycles. The van der Waals surface area contributed by atoms with Crippen LogP contribution in [0.5, 0.6) is 0 Å². The highest BCUT2D eigenvalue weighted by atomic mass is 32.1. The van der Waals surface area contributed by atoms with Crippen LogP contribution in [0.1, 0.15) is 15.9 Å². The number of nitrogens with zero attached hydrogens (tertiary/aromatic N) is 1. The second-order valence-electron chi connectivity index (χ2n) is 3.68. The predicted octanol–water partition coefficient (Wildman–Crippen LogP) is 0.566. The maximum Gasteiger partial charge on any atom is 0.325 e. The fourth-order valence-corrected chi connectivity index (χ4v) is 1.48. The highest BCUT2D eigenvalue weighted by Gasteiger charge is 2.15. The number of esters is 1. The number of ether oxygens (including phenoxy) is 1. The second-order valence-corrected chi connectivity index (χ2v) is 4.12. The molecule has 2 N–H and O–H groups in total. The van der Waals surface area contributed by atoms with E-state index in [0.29, 0.717) is 11.1 Å². The number of carbonyl (C=O) groups excluding carboxylic acids is 2. The molecule has 0 heterocycles.